The number of hydrogen-bond donors (Lipinski definition) is 0. The molecule has 0 bridgehead atoms. The fourth-order valence-corrected chi connectivity index (χ4v) is 5.66. The lowest BCUT2D eigenvalue weighted by Crippen LogP contribution is -2.44. The molecule has 0 N–H and O–H groups in total. The summed E-state index contributed by atoms with van der Waals surface area (Å²) >= 11 is 0. The van der Waals surface area contributed by atoms with E-state index in [4.69, 9.17) is 9.47 Å². The molecule has 0 aromatic heterocycles. The van der Waals surface area contributed by atoms with Crippen LogP contribution in [0, 0.1) is 11.8 Å². The number of ether oxygens (including phenoxy) is 2. The van der Waals surface area contributed by atoms with Gasteiger partial charge in [0.05, 0.1) is 44.0 Å². The predicted octanol–water partition coefficient (Wildman–Crippen LogP) is 3.47. The van der Waals surface area contributed by atoms with Crippen molar-refractivity contribution in [3.63, 3.8) is 0 Å². The number of methoxy groups -OCH3 is 2. The number of fused-ring (bicyclic) bond motifs is 5. The maximum Gasteiger partial charge on any atom is 0.240 e. The molecule has 4 atom stereocenters. The molecule has 8 nitrogen and oxygen atoms in total. The number of Topliss-reactive ketones (excluding diaryl/α,β-unsaturated/α-hetero) is 1. The Morgan fingerprint density at radius 3 is 2.28 bits per heavy atom. The summed E-state index contributed by atoms with van der Waals surface area (Å²) in [5.41, 5.74) is 2.60. The maximum absolute atomic E-state index is 14.0. The van der Waals surface area contributed by atoms with E-state index in [0.29, 0.717) is 22.7 Å². The van der Waals surface area contributed by atoms with Crippen molar-refractivity contribution in [3.05, 3.63) is 89.5 Å². The van der Waals surface area contributed by atoms with Gasteiger partial charge in [0.2, 0.25) is 11.8 Å². The van der Waals surface area contributed by atoms with Gasteiger partial charge in [0, 0.05) is 5.56 Å². The number of amides is 2. The van der Waals surface area contributed by atoms with Gasteiger partial charge in [0.1, 0.15) is 6.04 Å². The summed E-state index contributed by atoms with van der Waals surface area (Å²) in [7, 11) is 3.02. The molecule has 0 radical (unpaired) electrons. The molecule has 0 aliphatic carbocycles. The summed E-state index contributed by atoms with van der Waals surface area (Å²) in [5.74, 6) is -1.75. The maximum atomic E-state index is 14.0. The predicted molar refractivity (Wildman–Crippen MR) is 132 cm³/mol. The van der Waals surface area contributed by atoms with Gasteiger partial charge in [-0.15, -0.1) is 0 Å². The smallest absolute Gasteiger partial charge is 0.240 e. The van der Waals surface area contributed by atoms with Crippen LogP contribution in [0.3, 0.4) is 0 Å². The van der Waals surface area contributed by atoms with Gasteiger partial charge in [-0.25, -0.2) is 4.90 Å². The second-order valence-corrected chi connectivity index (χ2v) is 8.98. The first-order valence-electron chi connectivity index (χ1n) is 11.7. The topological polar surface area (TPSA) is 88.5 Å². The Hall–Kier alpha value is -4.46. The summed E-state index contributed by atoms with van der Waals surface area (Å²) < 4.78 is 10.7. The lowest BCUT2D eigenvalue weighted by atomic mass is 9.83. The van der Waals surface area contributed by atoms with E-state index < -0.39 is 29.8 Å². The minimum absolute atomic E-state index is 0.305. The summed E-state index contributed by atoms with van der Waals surface area (Å²) in [4.78, 5) is 42.9. The fraction of sp³-hybridized carbons (Fsp3) is 0.214. The first-order valence-corrected chi connectivity index (χ1v) is 11.7. The first-order chi connectivity index (χ1) is 17.5. The van der Waals surface area contributed by atoms with Crippen LogP contribution >= 0.6 is 0 Å². The van der Waals surface area contributed by atoms with Crippen LogP contribution in [-0.2, 0) is 9.59 Å². The molecular formula is C28H23N3O5. The van der Waals surface area contributed by atoms with E-state index >= 15 is 0 Å². The molecule has 3 aliphatic heterocycles. The zero-order valence-corrected chi connectivity index (χ0v) is 19.7. The van der Waals surface area contributed by atoms with Crippen LogP contribution in [0.5, 0.6) is 11.5 Å². The van der Waals surface area contributed by atoms with Crippen LogP contribution in [0.2, 0.25) is 0 Å². The standard InChI is InChI=1S/C28H23N3O5/c1-35-20-13-12-16(14-21(20)36-2)26(32)25-23-22(24-19-11-7-6-8-17(19)15-29-31(24)25)27(33)30(28(23)34)18-9-4-3-5-10-18/h3-15,22-25H,1-2H3/t22-,23+,24?,25-/m1/s1. The van der Waals surface area contributed by atoms with E-state index in [1.54, 1.807) is 53.7 Å². The Morgan fingerprint density at radius 2 is 1.53 bits per heavy atom. The molecule has 6 rings (SSSR count). The molecule has 2 fully saturated rings. The third-order valence-corrected chi connectivity index (χ3v) is 7.24. The average Bonchev–Trinajstić information content (AvgIpc) is 3.40. The average molecular weight is 482 g/mol. The van der Waals surface area contributed by atoms with Crippen LogP contribution in [0.4, 0.5) is 5.69 Å². The highest BCUT2D eigenvalue weighted by molar-refractivity contribution is 6.24. The number of carbonyl (C=O) groups excluding carboxylic acids is 3. The van der Waals surface area contributed by atoms with Gasteiger partial charge >= 0.3 is 0 Å². The quantitative estimate of drug-likeness (QED) is 0.410. The molecule has 1 unspecified atom stereocenters. The van der Waals surface area contributed by atoms with Gasteiger partial charge < -0.3 is 9.47 Å². The number of hydrazone groups is 1. The Bertz CT molecular complexity index is 1420. The van der Waals surface area contributed by atoms with Gasteiger partial charge in [0.25, 0.3) is 0 Å². The summed E-state index contributed by atoms with van der Waals surface area (Å²) in [5, 5.41) is 6.24. The monoisotopic (exact) mass is 481 g/mol. The van der Waals surface area contributed by atoms with Crippen molar-refractivity contribution >= 4 is 29.5 Å². The third kappa shape index (κ3) is 3.07. The molecule has 3 aliphatic rings. The van der Waals surface area contributed by atoms with Crippen LogP contribution in [0.1, 0.15) is 27.5 Å². The number of carbonyl (C=O) groups is 3. The lowest BCUT2D eigenvalue weighted by molar-refractivity contribution is -0.124. The largest absolute Gasteiger partial charge is 0.493 e. The Labute approximate surface area is 207 Å². The van der Waals surface area contributed by atoms with Gasteiger partial charge in [-0.1, -0.05) is 42.5 Å². The first kappa shape index (κ1) is 22.0. The van der Waals surface area contributed by atoms with Crippen LogP contribution in [-0.4, -0.2) is 49.1 Å². The number of para-hydroxylation sites is 1. The van der Waals surface area contributed by atoms with Crippen molar-refractivity contribution in [2.45, 2.75) is 12.1 Å². The molecular weight excluding hydrogens is 458 g/mol. The number of hydrogen-bond acceptors (Lipinski definition) is 7. The minimum atomic E-state index is -0.951. The van der Waals surface area contributed by atoms with E-state index in [2.05, 4.69) is 5.10 Å². The van der Waals surface area contributed by atoms with E-state index in [1.165, 1.54) is 19.1 Å². The molecule has 36 heavy (non-hydrogen) atoms. The van der Waals surface area contributed by atoms with Crippen molar-refractivity contribution < 1.29 is 23.9 Å². The summed E-state index contributed by atoms with van der Waals surface area (Å²) in [6.45, 7) is 0. The zero-order chi connectivity index (χ0) is 25.0. The number of nitrogens with zero attached hydrogens (tertiary/aromatic N) is 3. The van der Waals surface area contributed by atoms with E-state index in [1.807, 2.05) is 30.3 Å². The van der Waals surface area contributed by atoms with E-state index in [-0.39, 0.29) is 11.7 Å². The zero-order valence-electron chi connectivity index (χ0n) is 19.7. The van der Waals surface area contributed by atoms with E-state index in [9.17, 15) is 14.4 Å². The molecule has 2 amide bonds. The highest BCUT2D eigenvalue weighted by atomic mass is 16.5. The van der Waals surface area contributed by atoms with Gasteiger partial charge in [-0.3, -0.25) is 19.4 Å². The number of ketones is 1. The van der Waals surface area contributed by atoms with Crippen LogP contribution < -0.4 is 14.4 Å². The number of benzene rings is 3. The normalized spacial score (nSPS) is 23.8. The van der Waals surface area contributed by atoms with E-state index in [0.717, 1.165) is 11.1 Å². The second kappa shape index (κ2) is 8.34. The molecule has 3 heterocycles. The number of anilines is 1. The van der Waals surface area contributed by atoms with Gasteiger partial charge in [-0.05, 0) is 41.5 Å². The van der Waals surface area contributed by atoms with Gasteiger partial charge in [0.15, 0.2) is 17.3 Å². The minimum Gasteiger partial charge on any atom is -0.493 e. The Morgan fingerprint density at radius 1 is 0.833 bits per heavy atom. The Balaban J connectivity index is 1.49. The molecule has 3 aromatic rings. The number of rotatable bonds is 5. The van der Waals surface area contributed by atoms with Gasteiger partial charge in [-0.2, -0.15) is 5.10 Å². The molecule has 3 aromatic carbocycles. The fourth-order valence-electron chi connectivity index (χ4n) is 5.66. The SMILES string of the molecule is COc1ccc(C(=O)[C@H]2[C@H]3C(=O)N(c4ccccc4)C(=O)[C@H]3C3c4ccccc4C=NN32)cc1OC. The summed E-state index contributed by atoms with van der Waals surface area (Å²) in [6.07, 6.45) is 1.69. The Kier molecular flexibility index (Phi) is 5.10. The highest BCUT2D eigenvalue weighted by Crippen LogP contribution is 2.53. The van der Waals surface area contributed by atoms with Crippen LogP contribution in [0.25, 0.3) is 0 Å². The molecule has 8 heteroatoms. The van der Waals surface area contributed by atoms with Crippen molar-refractivity contribution in [1.29, 1.82) is 0 Å². The van der Waals surface area contributed by atoms with Crippen molar-refractivity contribution in [2.75, 3.05) is 19.1 Å². The summed E-state index contributed by atoms with van der Waals surface area (Å²) in [6, 6.07) is 19.9. The van der Waals surface area contributed by atoms with Crippen LogP contribution in [0.15, 0.2) is 77.9 Å². The lowest BCUT2D eigenvalue weighted by Gasteiger charge is -2.33. The van der Waals surface area contributed by atoms with Crippen molar-refractivity contribution in [3.8, 4) is 11.5 Å². The highest BCUT2D eigenvalue weighted by Gasteiger charge is 2.65. The molecule has 0 spiro atoms. The molecule has 0 saturated carbocycles. The number of imide groups is 1. The second-order valence-electron chi connectivity index (χ2n) is 8.98. The third-order valence-electron chi connectivity index (χ3n) is 7.24. The molecule has 180 valence electrons. The van der Waals surface area contributed by atoms with Crippen molar-refractivity contribution in [1.82, 2.24) is 5.01 Å². The van der Waals surface area contributed by atoms with Crippen molar-refractivity contribution in [2.24, 2.45) is 16.9 Å². The molecule has 2 saturated heterocycles.